The van der Waals surface area contributed by atoms with Gasteiger partial charge < -0.3 is 10.8 Å². The minimum atomic E-state index is -0.770. The molecule has 0 amide bonds. The molecule has 0 aromatic heterocycles. The lowest BCUT2D eigenvalue weighted by Gasteiger charge is -2.17. The highest BCUT2D eigenvalue weighted by atomic mass is 79.9. The van der Waals surface area contributed by atoms with Crippen molar-refractivity contribution < 1.29 is 9.50 Å². The molecule has 14 heavy (non-hydrogen) atoms. The highest BCUT2D eigenvalue weighted by Crippen LogP contribution is 2.26. The summed E-state index contributed by atoms with van der Waals surface area (Å²) in [7, 11) is 0. The summed E-state index contributed by atoms with van der Waals surface area (Å²) in [6.45, 7) is 1.53. The Hall–Kier alpha value is -0.160. The van der Waals surface area contributed by atoms with Crippen LogP contribution in [0.2, 0.25) is 0 Å². The van der Waals surface area contributed by atoms with Crippen molar-refractivity contribution in [3.63, 3.8) is 0 Å². The Morgan fingerprint density at radius 2 is 2.07 bits per heavy atom. The summed E-state index contributed by atoms with van der Waals surface area (Å²) in [5.41, 5.74) is 5.94. The van der Waals surface area contributed by atoms with E-state index < -0.39 is 18.0 Å². The number of aliphatic hydroxyl groups excluding tert-OH is 1. The monoisotopic (exact) mass is 283 g/mol. The molecule has 80 valence electrons. The smallest absolute Gasteiger partial charge is 0.129 e. The summed E-state index contributed by atoms with van der Waals surface area (Å²) in [5.74, 6) is -0.400. The van der Waals surface area contributed by atoms with E-state index >= 15 is 0 Å². The number of halogens is 3. The summed E-state index contributed by atoms with van der Waals surface area (Å²) in [4.78, 5) is 0. The molecule has 0 radical (unpaired) electrons. The first-order valence-electron chi connectivity index (χ1n) is 3.91. The third kappa shape index (κ3) is 2.92. The third-order valence-corrected chi connectivity index (χ3v) is 2.54. The first-order chi connectivity index (χ1) is 6.04. The number of hydrogen-bond donors (Lipinski definition) is 2. The van der Waals surface area contributed by atoms with Crippen molar-refractivity contribution in [2.75, 3.05) is 0 Å². The maximum Gasteiger partial charge on any atom is 0.129 e. The van der Waals surface area contributed by atoms with Gasteiger partial charge in [-0.25, -0.2) is 4.39 Å². The fourth-order valence-electron chi connectivity index (χ4n) is 1.07. The maximum absolute atomic E-state index is 13.2. The largest absolute Gasteiger partial charge is 0.391 e. The van der Waals surface area contributed by atoms with Crippen molar-refractivity contribution in [2.45, 2.75) is 19.1 Å². The van der Waals surface area contributed by atoms with Crippen LogP contribution in [0.1, 0.15) is 18.5 Å². The predicted octanol–water partition coefficient (Wildman–Crippen LogP) is 2.39. The quantitative estimate of drug-likeness (QED) is 0.876. The number of benzene rings is 1. The zero-order valence-corrected chi connectivity index (χ0v) is 9.98. The summed E-state index contributed by atoms with van der Waals surface area (Å²) >= 11 is 3.18. The van der Waals surface area contributed by atoms with E-state index in [1.54, 1.807) is 12.1 Å². The first kappa shape index (κ1) is 13.8. The van der Waals surface area contributed by atoms with Crippen molar-refractivity contribution in [1.82, 2.24) is 0 Å². The van der Waals surface area contributed by atoms with Crippen LogP contribution in [0.5, 0.6) is 0 Å². The van der Waals surface area contributed by atoms with Gasteiger partial charge in [-0.3, -0.25) is 0 Å². The topological polar surface area (TPSA) is 46.2 Å². The van der Waals surface area contributed by atoms with E-state index in [4.69, 9.17) is 5.73 Å². The van der Waals surface area contributed by atoms with Crippen LogP contribution in [0.25, 0.3) is 0 Å². The van der Waals surface area contributed by atoms with E-state index in [1.165, 1.54) is 13.0 Å². The van der Waals surface area contributed by atoms with Crippen LogP contribution in [0.15, 0.2) is 22.7 Å². The molecule has 0 aliphatic carbocycles. The summed E-state index contributed by atoms with van der Waals surface area (Å²) in [6.07, 6.45) is -0.770. The SMILES string of the molecule is C[C@@H](O)[C@@H](N)c1c(F)cccc1Br.Cl. The number of rotatable bonds is 2. The zero-order valence-electron chi connectivity index (χ0n) is 7.58. The highest BCUT2D eigenvalue weighted by molar-refractivity contribution is 9.10. The molecule has 0 aliphatic rings. The third-order valence-electron chi connectivity index (χ3n) is 1.85. The number of hydrogen-bond acceptors (Lipinski definition) is 2. The first-order valence-corrected chi connectivity index (χ1v) is 4.71. The average molecular weight is 285 g/mol. The van der Waals surface area contributed by atoms with E-state index in [0.29, 0.717) is 10.0 Å². The number of aliphatic hydroxyl groups is 1. The molecule has 0 bridgehead atoms. The Morgan fingerprint density at radius 1 is 1.50 bits per heavy atom. The van der Waals surface area contributed by atoms with Gasteiger partial charge in [-0.15, -0.1) is 12.4 Å². The Balaban J connectivity index is 0.00000169. The maximum atomic E-state index is 13.2. The fourth-order valence-corrected chi connectivity index (χ4v) is 1.68. The van der Waals surface area contributed by atoms with Gasteiger partial charge in [-0.05, 0) is 19.1 Å². The zero-order chi connectivity index (χ0) is 10.0. The molecular formula is C9H12BrClFNO. The van der Waals surface area contributed by atoms with Crippen molar-refractivity contribution in [1.29, 1.82) is 0 Å². The van der Waals surface area contributed by atoms with Crippen molar-refractivity contribution in [2.24, 2.45) is 5.73 Å². The molecule has 2 atom stereocenters. The Morgan fingerprint density at radius 3 is 2.50 bits per heavy atom. The van der Waals surface area contributed by atoms with E-state index in [2.05, 4.69) is 15.9 Å². The Kier molecular flexibility index (Phi) is 5.59. The number of nitrogens with two attached hydrogens (primary N) is 1. The van der Waals surface area contributed by atoms with Gasteiger partial charge in [0.2, 0.25) is 0 Å². The van der Waals surface area contributed by atoms with Gasteiger partial charge in [0.25, 0.3) is 0 Å². The van der Waals surface area contributed by atoms with Crippen LogP contribution in [0.4, 0.5) is 4.39 Å². The van der Waals surface area contributed by atoms with Crippen LogP contribution in [0, 0.1) is 5.82 Å². The lowest BCUT2D eigenvalue weighted by Crippen LogP contribution is -2.24. The minimum absolute atomic E-state index is 0. The van der Waals surface area contributed by atoms with E-state index in [0.717, 1.165) is 0 Å². The minimum Gasteiger partial charge on any atom is -0.391 e. The van der Waals surface area contributed by atoms with Gasteiger partial charge in [0.15, 0.2) is 0 Å². The lowest BCUT2D eigenvalue weighted by molar-refractivity contribution is 0.162. The average Bonchev–Trinajstić information content (AvgIpc) is 2.03. The molecule has 3 N–H and O–H groups in total. The van der Waals surface area contributed by atoms with Crippen LogP contribution >= 0.6 is 28.3 Å². The molecule has 0 saturated carbocycles. The molecule has 0 heterocycles. The van der Waals surface area contributed by atoms with E-state index in [9.17, 15) is 9.50 Å². The predicted molar refractivity (Wildman–Crippen MR) is 60.0 cm³/mol. The second-order valence-corrected chi connectivity index (χ2v) is 3.76. The summed E-state index contributed by atoms with van der Waals surface area (Å²) in [6, 6.07) is 3.90. The molecular weight excluding hydrogens is 272 g/mol. The fraction of sp³-hybridized carbons (Fsp3) is 0.333. The molecule has 0 aliphatic heterocycles. The summed E-state index contributed by atoms with van der Waals surface area (Å²) < 4.78 is 13.8. The van der Waals surface area contributed by atoms with Gasteiger partial charge in [-0.2, -0.15) is 0 Å². The summed E-state index contributed by atoms with van der Waals surface area (Å²) in [5, 5.41) is 9.21. The standard InChI is InChI=1S/C9H11BrFNO.ClH/c1-5(13)9(12)8-6(10)3-2-4-7(8)11;/h2-5,9,13H,12H2,1H3;1H/t5-,9-;/m1./s1. The molecule has 0 unspecified atom stereocenters. The van der Waals surface area contributed by atoms with Gasteiger partial charge in [-0.1, -0.05) is 22.0 Å². The molecule has 1 aromatic carbocycles. The van der Waals surface area contributed by atoms with Crippen molar-refractivity contribution >= 4 is 28.3 Å². The van der Waals surface area contributed by atoms with E-state index in [-0.39, 0.29) is 12.4 Å². The second-order valence-electron chi connectivity index (χ2n) is 2.90. The van der Waals surface area contributed by atoms with Gasteiger partial charge >= 0.3 is 0 Å². The molecule has 0 saturated heterocycles. The van der Waals surface area contributed by atoms with Gasteiger partial charge in [0.05, 0.1) is 12.1 Å². The Bertz CT molecular complexity index is 289. The van der Waals surface area contributed by atoms with Crippen LogP contribution < -0.4 is 5.73 Å². The Labute approximate surface area is 96.8 Å². The lowest BCUT2D eigenvalue weighted by atomic mass is 10.0. The van der Waals surface area contributed by atoms with Gasteiger partial charge in [0, 0.05) is 10.0 Å². The van der Waals surface area contributed by atoms with Crippen LogP contribution in [-0.2, 0) is 0 Å². The van der Waals surface area contributed by atoms with Gasteiger partial charge in [0.1, 0.15) is 5.82 Å². The normalized spacial score (nSPS) is 14.4. The highest BCUT2D eigenvalue weighted by Gasteiger charge is 2.18. The second kappa shape index (κ2) is 5.66. The molecule has 0 fully saturated rings. The molecule has 2 nitrogen and oxygen atoms in total. The van der Waals surface area contributed by atoms with Crippen LogP contribution in [0.3, 0.4) is 0 Å². The van der Waals surface area contributed by atoms with Crippen molar-refractivity contribution in [3.8, 4) is 0 Å². The van der Waals surface area contributed by atoms with E-state index in [1.807, 2.05) is 0 Å². The molecule has 5 heteroatoms. The van der Waals surface area contributed by atoms with Crippen molar-refractivity contribution in [3.05, 3.63) is 34.1 Å². The molecule has 1 aromatic rings. The molecule has 0 spiro atoms. The van der Waals surface area contributed by atoms with Crippen LogP contribution in [-0.4, -0.2) is 11.2 Å². The molecule has 1 rings (SSSR count).